The summed E-state index contributed by atoms with van der Waals surface area (Å²) in [5.41, 5.74) is 3.67. The Morgan fingerprint density at radius 1 is 1.09 bits per heavy atom. The summed E-state index contributed by atoms with van der Waals surface area (Å²) in [6.07, 6.45) is 1.74. The third-order valence-corrected chi connectivity index (χ3v) is 6.47. The molecule has 0 fully saturated rings. The maximum absolute atomic E-state index is 13.2. The molecule has 9 heteroatoms. The number of nitrogens with zero attached hydrogens (tertiary/aromatic N) is 1. The van der Waals surface area contributed by atoms with Crippen molar-refractivity contribution in [1.29, 1.82) is 10.8 Å². The van der Waals surface area contributed by atoms with Gasteiger partial charge in [0.05, 0.1) is 27.2 Å². The van der Waals surface area contributed by atoms with Crippen LogP contribution in [0.1, 0.15) is 41.3 Å². The van der Waals surface area contributed by atoms with Gasteiger partial charge in [-0.05, 0) is 41.1 Å². The second-order valence-corrected chi connectivity index (χ2v) is 9.62. The largest absolute Gasteiger partial charge is 0.355 e. The van der Waals surface area contributed by atoms with Crippen molar-refractivity contribution >= 4 is 45.9 Å². The van der Waals surface area contributed by atoms with E-state index in [-0.39, 0.29) is 22.9 Å². The van der Waals surface area contributed by atoms with Gasteiger partial charge in [-0.25, -0.2) is 0 Å². The van der Waals surface area contributed by atoms with Gasteiger partial charge in [-0.2, -0.15) is 0 Å². The molecule has 7 nitrogen and oxygen atoms in total. The molecule has 2 aromatic carbocycles. The van der Waals surface area contributed by atoms with Gasteiger partial charge in [0.2, 0.25) is 5.91 Å². The first-order chi connectivity index (χ1) is 16.7. The molecular formula is C26H26ClN5O2S. The van der Waals surface area contributed by atoms with E-state index in [0.29, 0.717) is 16.3 Å². The van der Waals surface area contributed by atoms with E-state index in [4.69, 9.17) is 22.4 Å². The van der Waals surface area contributed by atoms with E-state index >= 15 is 0 Å². The highest BCUT2D eigenvalue weighted by molar-refractivity contribution is 8.24. The number of nitrogens with one attached hydrogen (secondary N) is 4. The van der Waals surface area contributed by atoms with Crippen molar-refractivity contribution in [1.82, 2.24) is 15.6 Å². The quantitative estimate of drug-likeness (QED) is 0.256. The van der Waals surface area contributed by atoms with E-state index < -0.39 is 5.41 Å². The number of rotatable bonds is 7. The minimum absolute atomic E-state index is 0.101. The maximum Gasteiger partial charge on any atom is 0.252 e. The number of amidine groups is 1. The molecule has 0 bridgehead atoms. The zero-order valence-corrected chi connectivity index (χ0v) is 21.1. The van der Waals surface area contributed by atoms with Crippen molar-refractivity contribution in [3.63, 3.8) is 0 Å². The van der Waals surface area contributed by atoms with Crippen LogP contribution in [0.3, 0.4) is 0 Å². The number of hydrogen-bond donors (Lipinski definition) is 4. The van der Waals surface area contributed by atoms with Gasteiger partial charge in [0.25, 0.3) is 5.91 Å². The average Bonchev–Trinajstić information content (AvgIpc) is 2.84. The number of thioether (sulfide) groups is 1. The first-order valence-corrected chi connectivity index (χ1v) is 12.0. The van der Waals surface area contributed by atoms with Gasteiger partial charge < -0.3 is 16.0 Å². The fraction of sp³-hybridized carbons (Fsp3) is 0.192. The highest BCUT2D eigenvalue weighted by atomic mass is 35.5. The van der Waals surface area contributed by atoms with E-state index in [2.05, 4.69) is 15.6 Å². The Morgan fingerprint density at radius 2 is 1.80 bits per heavy atom. The minimum atomic E-state index is -0.933. The fourth-order valence-corrected chi connectivity index (χ4v) is 4.43. The van der Waals surface area contributed by atoms with Gasteiger partial charge in [-0.15, -0.1) is 0 Å². The number of amides is 2. The molecular weight excluding hydrogens is 482 g/mol. The van der Waals surface area contributed by atoms with Gasteiger partial charge in [-0.3, -0.25) is 20.0 Å². The van der Waals surface area contributed by atoms with Crippen LogP contribution in [0.2, 0.25) is 5.02 Å². The molecule has 3 rings (SSSR count). The molecule has 4 N–H and O–H groups in total. The van der Waals surface area contributed by atoms with Gasteiger partial charge in [0, 0.05) is 24.7 Å². The standard InChI is InChI=1S/C26H26ClN5O2S/c1-26(2,24(34)32-25(29)35-15-28)22(16-7-5-4-6-8-16)18-10-12-21(31-14-18)17-9-11-19(20(27)13-17)23(33)30-3/h4-15,22,28H,1-3H3,(H,30,33)(H2,29,32,34). The van der Waals surface area contributed by atoms with Crippen LogP contribution in [0, 0.1) is 16.2 Å². The number of hydrogen-bond acceptors (Lipinski definition) is 6. The monoisotopic (exact) mass is 507 g/mol. The van der Waals surface area contributed by atoms with Crippen LogP contribution in [-0.4, -0.2) is 34.6 Å². The first kappa shape index (κ1) is 26.1. The predicted molar refractivity (Wildman–Crippen MR) is 142 cm³/mol. The first-order valence-electron chi connectivity index (χ1n) is 10.8. The lowest BCUT2D eigenvalue weighted by Crippen LogP contribution is -2.43. The summed E-state index contributed by atoms with van der Waals surface area (Å²) in [6.45, 7) is 3.65. The Bertz CT molecular complexity index is 1250. The molecule has 1 unspecified atom stereocenters. The van der Waals surface area contributed by atoms with Crippen LogP contribution in [0.5, 0.6) is 0 Å². The topological polar surface area (TPSA) is 119 Å². The summed E-state index contributed by atoms with van der Waals surface area (Å²) in [7, 11) is 1.55. The molecule has 2 amide bonds. The smallest absolute Gasteiger partial charge is 0.252 e. The van der Waals surface area contributed by atoms with Crippen LogP contribution < -0.4 is 10.6 Å². The van der Waals surface area contributed by atoms with Crippen molar-refractivity contribution < 1.29 is 9.59 Å². The summed E-state index contributed by atoms with van der Waals surface area (Å²) < 4.78 is 0. The predicted octanol–water partition coefficient (Wildman–Crippen LogP) is 5.31. The normalized spacial score (nSPS) is 11.9. The molecule has 0 radical (unpaired) electrons. The molecule has 0 aliphatic heterocycles. The Kier molecular flexibility index (Phi) is 8.43. The van der Waals surface area contributed by atoms with Gasteiger partial charge in [-0.1, -0.05) is 67.9 Å². The third kappa shape index (κ3) is 5.96. The van der Waals surface area contributed by atoms with E-state index in [1.165, 1.54) is 0 Å². The van der Waals surface area contributed by atoms with E-state index in [0.717, 1.165) is 34.0 Å². The number of carbonyl (C=O) groups excluding carboxylic acids is 2. The number of carbonyl (C=O) groups is 2. The van der Waals surface area contributed by atoms with E-state index in [1.54, 1.807) is 31.4 Å². The summed E-state index contributed by atoms with van der Waals surface area (Å²) in [4.78, 5) is 29.7. The highest BCUT2D eigenvalue weighted by Crippen LogP contribution is 2.41. The zero-order chi connectivity index (χ0) is 25.6. The molecule has 0 saturated heterocycles. The van der Waals surface area contributed by atoms with E-state index in [1.807, 2.05) is 56.3 Å². The molecule has 35 heavy (non-hydrogen) atoms. The van der Waals surface area contributed by atoms with Crippen molar-refractivity contribution in [3.8, 4) is 11.3 Å². The number of aromatic nitrogens is 1. The SMILES string of the molecule is CNC(=O)c1ccc(-c2ccc(C(c3ccccc3)C(C)(C)C(=O)NC(=N)SC=N)cn2)cc1Cl. The summed E-state index contributed by atoms with van der Waals surface area (Å²) in [5.74, 6) is -0.934. The third-order valence-electron chi connectivity index (χ3n) is 5.70. The van der Waals surface area contributed by atoms with Crippen molar-refractivity contribution in [2.45, 2.75) is 19.8 Å². The van der Waals surface area contributed by atoms with Crippen molar-refractivity contribution in [2.75, 3.05) is 7.05 Å². The van der Waals surface area contributed by atoms with Crippen LogP contribution in [0.25, 0.3) is 11.3 Å². The average molecular weight is 508 g/mol. The van der Waals surface area contributed by atoms with Crippen molar-refractivity contribution in [2.24, 2.45) is 5.41 Å². The minimum Gasteiger partial charge on any atom is -0.355 e. The van der Waals surface area contributed by atoms with Crippen LogP contribution in [0.15, 0.2) is 66.9 Å². The number of halogens is 1. The second-order valence-electron chi connectivity index (χ2n) is 8.33. The molecule has 0 aliphatic carbocycles. The number of pyridine rings is 1. The summed E-state index contributed by atoms with van der Waals surface area (Å²) in [6, 6.07) is 18.6. The van der Waals surface area contributed by atoms with Crippen LogP contribution in [-0.2, 0) is 4.79 Å². The second kappa shape index (κ2) is 11.3. The van der Waals surface area contributed by atoms with Gasteiger partial charge in [0.1, 0.15) is 0 Å². The van der Waals surface area contributed by atoms with Gasteiger partial charge >= 0.3 is 0 Å². The molecule has 1 heterocycles. The fourth-order valence-electron chi connectivity index (χ4n) is 3.90. The Balaban J connectivity index is 1.97. The lowest BCUT2D eigenvalue weighted by atomic mass is 9.71. The summed E-state index contributed by atoms with van der Waals surface area (Å²) >= 11 is 7.14. The lowest BCUT2D eigenvalue weighted by molar-refractivity contribution is -0.128. The van der Waals surface area contributed by atoms with Gasteiger partial charge in [0.15, 0.2) is 5.17 Å². The highest BCUT2D eigenvalue weighted by Gasteiger charge is 2.39. The molecule has 1 aromatic heterocycles. The molecule has 0 aliphatic rings. The molecule has 0 spiro atoms. The maximum atomic E-state index is 13.2. The summed E-state index contributed by atoms with van der Waals surface area (Å²) in [5, 5.41) is 20.4. The van der Waals surface area contributed by atoms with Crippen LogP contribution in [0.4, 0.5) is 0 Å². The Hall–Kier alpha value is -3.49. The van der Waals surface area contributed by atoms with Crippen molar-refractivity contribution in [3.05, 3.63) is 88.6 Å². The zero-order valence-electron chi connectivity index (χ0n) is 19.6. The molecule has 180 valence electrons. The lowest BCUT2D eigenvalue weighted by Gasteiger charge is -2.33. The van der Waals surface area contributed by atoms with Crippen LogP contribution >= 0.6 is 23.4 Å². The number of benzene rings is 2. The molecule has 1 atom stereocenters. The molecule has 0 saturated carbocycles. The Morgan fingerprint density at radius 3 is 2.37 bits per heavy atom. The van der Waals surface area contributed by atoms with E-state index in [9.17, 15) is 9.59 Å². The Labute approximate surface area is 213 Å². The molecule has 3 aromatic rings.